The number of imide groups is 1. The number of carbonyl (C=O) groups is 3. The van der Waals surface area contributed by atoms with Gasteiger partial charge in [-0.3, -0.25) is 19.3 Å². The van der Waals surface area contributed by atoms with Crippen molar-refractivity contribution in [1.82, 2.24) is 25.2 Å². The Kier molecular flexibility index (Phi) is 5.81. The highest BCUT2D eigenvalue weighted by Crippen LogP contribution is 2.21. The Hall–Kier alpha value is -4.65. The monoisotopic (exact) mass is 428 g/mol. The number of carbonyl (C=O) groups excluding carboxylic acids is 3. The standard InChI is InChI=1S/C22H16N6O4/c23-9-14-1-3-16(4-2-14)32-8-7-28-21(30)17-5-6-18(27-19(17)22(28)31)20(29)26-12-15-10-24-13-25-11-15/h1-6,10-11,13H,7-8,12H2,(H,26,29). The van der Waals surface area contributed by atoms with Gasteiger partial charge in [0.2, 0.25) is 0 Å². The van der Waals surface area contributed by atoms with E-state index in [1.807, 2.05) is 6.07 Å². The Morgan fingerprint density at radius 1 is 1.06 bits per heavy atom. The van der Waals surface area contributed by atoms with Crippen LogP contribution in [0.1, 0.15) is 42.5 Å². The largest absolute Gasteiger partial charge is 0.492 e. The molecular weight excluding hydrogens is 412 g/mol. The van der Waals surface area contributed by atoms with Gasteiger partial charge < -0.3 is 10.1 Å². The number of fused-ring (bicyclic) bond motifs is 1. The molecule has 10 nitrogen and oxygen atoms in total. The molecule has 4 rings (SSSR count). The van der Waals surface area contributed by atoms with Crippen LogP contribution in [-0.4, -0.2) is 50.7 Å². The molecule has 1 aliphatic rings. The second-order valence-corrected chi connectivity index (χ2v) is 6.77. The van der Waals surface area contributed by atoms with Gasteiger partial charge in [-0.05, 0) is 36.4 Å². The lowest BCUT2D eigenvalue weighted by molar-refractivity contribution is 0.0629. The fourth-order valence-corrected chi connectivity index (χ4v) is 3.06. The number of hydrogen-bond acceptors (Lipinski definition) is 8. The molecule has 0 radical (unpaired) electrons. The minimum absolute atomic E-state index is 0.0174. The molecule has 0 saturated heterocycles. The summed E-state index contributed by atoms with van der Waals surface area (Å²) >= 11 is 0. The van der Waals surface area contributed by atoms with Crippen molar-refractivity contribution < 1.29 is 19.1 Å². The molecule has 0 spiro atoms. The summed E-state index contributed by atoms with van der Waals surface area (Å²) in [7, 11) is 0. The maximum absolute atomic E-state index is 12.7. The molecule has 3 heterocycles. The van der Waals surface area contributed by atoms with Crippen molar-refractivity contribution in [3.05, 3.63) is 83.2 Å². The summed E-state index contributed by atoms with van der Waals surface area (Å²) in [5.41, 5.74) is 1.31. The van der Waals surface area contributed by atoms with Crippen molar-refractivity contribution in [2.75, 3.05) is 13.2 Å². The number of ether oxygens (including phenoxy) is 1. The first kappa shape index (κ1) is 20.6. The lowest BCUT2D eigenvalue weighted by Crippen LogP contribution is -2.33. The predicted octanol–water partition coefficient (Wildman–Crippen LogP) is 1.35. The maximum atomic E-state index is 12.7. The first-order valence-corrected chi connectivity index (χ1v) is 9.59. The zero-order valence-corrected chi connectivity index (χ0v) is 16.7. The molecule has 0 fully saturated rings. The SMILES string of the molecule is N#Cc1ccc(OCCN2C(=O)c3ccc(C(=O)NCc4cncnc4)nc3C2=O)cc1. The van der Waals surface area contributed by atoms with Gasteiger partial charge in [-0.25, -0.2) is 15.0 Å². The van der Waals surface area contributed by atoms with Gasteiger partial charge in [-0.15, -0.1) is 0 Å². The summed E-state index contributed by atoms with van der Waals surface area (Å²) in [6.45, 7) is 0.289. The van der Waals surface area contributed by atoms with Gasteiger partial charge in [-0.2, -0.15) is 5.26 Å². The highest BCUT2D eigenvalue weighted by Gasteiger charge is 2.37. The number of nitrogens with zero attached hydrogens (tertiary/aromatic N) is 5. The van der Waals surface area contributed by atoms with Crippen molar-refractivity contribution in [2.24, 2.45) is 0 Å². The summed E-state index contributed by atoms with van der Waals surface area (Å²) in [6, 6.07) is 11.3. The van der Waals surface area contributed by atoms with Gasteiger partial charge in [0.15, 0.2) is 0 Å². The van der Waals surface area contributed by atoms with E-state index in [-0.39, 0.29) is 36.6 Å². The third-order valence-electron chi connectivity index (χ3n) is 4.69. The van der Waals surface area contributed by atoms with E-state index in [0.29, 0.717) is 16.9 Å². The zero-order chi connectivity index (χ0) is 22.5. The fourth-order valence-electron chi connectivity index (χ4n) is 3.06. The van der Waals surface area contributed by atoms with Crippen LogP contribution in [0.5, 0.6) is 5.75 Å². The molecule has 3 amide bonds. The molecule has 1 aliphatic heterocycles. The van der Waals surface area contributed by atoms with Crippen LogP contribution in [-0.2, 0) is 6.54 Å². The molecule has 0 bridgehead atoms. The van der Waals surface area contributed by atoms with Crippen molar-refractivity contribution in [3.63, 3.8) is 0 Å². The minimum Gasteiger partial charge on any atom is -0.492 e. The predicted molar refractivity (Wildman–Crippen MR) is 109 cm³/mol. The summed E-state index contributed by atoms with van der Waals surface area (Å²) in [4.78, 5) is 50.6. The van der Waals surface area contributed by atoms with Gasteiger partial charge >= 0.3 is 0 Å². The molecule has 0 aliphatic carbocycles. The number of benzene rings is 1. The third-order valence-corrected chi connectivity index (χ3v) is 4.69. The van der Waals surface area contributed by atoms with Crippen molar-refractivity contribution in [2.45, 2.75) is 6.54 Å². The molecule has 0 saturated carbocycles. The molecule has 1 aromatic carbocycles. The van der Waals surface area contributed by atoms with Gasteiger partial charge in [0.05, 0.1) is 23.7 Å². The Morgan fingerprint density at radius 2 is 1.81 bits per heavy atom. The lowest BCUT2D eigenvalue weighted by atomic mass is 10.2. The van der Waals surface area contributed by atoms with Crippen LogP contribution in [0.3, 0.4) is 0 Å². The molecule has 1 N–H and O–H groups in total. The smallest absolute Gasteiger partial charge is 0.280 e. The normalized spacial score (nSPS) is 12.3. The average molecular weight is 428 g/mol. The molecular formula is C22H16N6O4. The number of nitrogens with one attached hydrogen (secondary N) is 1. The Morgan fingerprint density at radius 3 is 2.53 bits per heavy atom. The topological polar surface area (TPSA) is 138 Å². The summed E-state index contributed by atoms with van der Waals surface area (Å²) < 4.78 is 5.55. The van der Waals surface area contributed by atoms with Crippen molar-refractivity contribution in [1.29, 1.82) is 5.26 Å². The van der Waals surface area contributed by atoms with Gasteiger partial charge in [0.1, 0.15) is 30.1 Å². The van der Waals surface area contributed by atoms with Gasteiger partial charge in [-0.1, -0.05) is 0 Å². The average Bonchev–Trinajstić information content (AvgIpc) is 3.08. The van der Waals surface area contributed by atoms with E-state index in [4.69, 9.17) is 10.00 Å². The van der Waals surface area contributed by atoms with Crippen LogP contribution >= 0.6 is 0 Å². The van der Waals surface area contributed by atoms with Crippen LogP contribution in [0.15, 0.2) is 55.1 Å². The molecule has 2 aromatic heterocycles. The molecule has 158 valence electrons. The van der Waals surface area contributed by atoms with Crippen molar-refractivity contribution >= 4 is 17.7 Å². The molecule has 3 aromatic rings. The van der Waals surface area contributed by atoms with E-state index < -0.39 is 17.7 Å². The Bertz CT molecular complexity index is 1220. The van der Waals surface area contributed by atoms with E-state index in [0.717, 1.165) is 4.90 Å². The summed E-state index contributed by atoms with van der Waals surface area (Å²) in [5, 5.41) is 11.5. The number of amides is 3. The number of aromatic nitrogens is 3. The maximum Gasteiger partial charge on any atom is 0.280 e. The minimum atomic E-state index is -0.584. The Balaban J connectivity index is 1.38. The molecule has 10 heteroatoms. The van der Waals surface area contributed by atoms with Crippen LogP contribution in [0, 0.1) is 11.3 Å². The third kappa shape index (κ3) is 4.27. The van der Waals surface area contributed by atoms with E-state index in [1.54, 1.807) is 36.7 Å². The number of rotatable bonds is 7. The zero-order valence-electron chi connectivity index (χ0n) is 16.7. The van der Waals surface area contributed by atoms with Gasteiger partial charge in [0.25, 0.3) is 17.7 Å². The second-order valence-electron chi connectivity index (χ2n) is 6.77. The number of nitriles is 1. The van der Waals surface area contributed by atoms with E-state index >= 15 is 0 Å². The van der Waals surface area contributed by atoms with Crippen LogP contribution in [0.2, 0.25) is 0 Å². The lowest BCUT2D eigenvalue weighted by Gasteiger charge is -2.14. The molecule has 0 atom stereocenters. The highest BCUT2D eigenvalue weighted by atomic mass is 16.5. The van der Waals surface area contributed by atoms with Crippen LogP contribution in [0.25, 0.3) is 0 Å². The van der Waals surface area contributed by atoms with Crippen LogP contribution < -0.4 is 10.1 Å². The highest BCUT2D eigenvalue weighted by molar-refractivity contribution is 6.20. The van der Waals surface area contributed by atoms with E-state index in [1.165, 1.54) is 18.5 Å². The van der Waals surface area contributed by atoms with Crippen LogP contribution in [0.4, 0.5) is 0 Å². The summed E-state index contributed by atoms with van der Waals surface area (Å²) in [5.74, 6) is -1.05. The first-order chi connectivity index (χ1) is 15.6. The molecule has 32 heavy (non-hydrogen) atoms. The van der Waals surface area contributed by atoms with Crippen molar-refractivity contribution in [3.8, 4) is 11.8 Å². The molecule has 0 unspecified atom stereocenters. The summed E-state index contributed by atoms with van der Waals surface area (Å²) in [6.07, 6.45) is 4.53. The Labute approximate surface area is 182 Å². The van der Waals surface area contributed by atoms with E-state index in [9.17, 15) is 14.4 Å². The van der Waals surface area contributed by atoms with Gasteiger partial charge in [0, 0.05) is 24.5 Å². The first-order valence-electron chi connectivity index (χ1n) is 9.59. The van der Waals surface area contributed by atoms with E-state index in [2.05, 4.69) is 20.3 Å². The fraction of sp³-hybridized carbons (Fsp3) is 0.136. The second kappa shape index (κ2) is 9.01. The number of hydrogen-bond donors (Lipinski definition) is 1. The quantitative estimate of drug-likeness (QED) is 0.557. The number of pyridine rings is 1.